The Bertz CT molecular complexity index is 138. The fraction of sp³-hybridized carbons (Fsp3) is 0.571. The molecule has 0 saturated carbocycles. The third-order valence-corrected chi connectivity index (χ3v) is 1.23. The predicted molar refractivity (Wildman–Crippen MR) is 36.1 cm³/mol. The minimum absolute atomic E-state index is 0.127. The van der Waals surface area contributed by atoms with Crippen LogP contribution in [0.4, 0.5) is 0 Å². The summed E-state index contributed by atoms with van der Waals surface area (Å²) in [6, 6.07) is 0. The third-order valence-electron chi connectivity index (χ3n) is 1.23. The zero-order chi connectivity index (χ0) is 6.91. The summed E-state index contributed by atoms with van der Waals surface area (Å²) in [5.41, 5.74) is 2.86. The molecule has 0 bridgehead atoms. The van der Waals surface area contributed by atoms with Gasteiger partial charge in [-0.25, -0.2) is 0 Å². The van der Waals surface area contributed by atoms with Crippen LogP contribution in [0.3, 0.4) is 0 Å². The average Bonchev–Trinajstić information content (AvgIpc) is 1.60. The Kier molecular flexibility index (Phi) is 1.49. The molecule has 0 aromatic carbocycles. The summed E-state index contributed by atoms with van der Waals surface area (Å²) < 4.78 is 0. The molecule has 0 spiro atoms. The summed E-state index contributed by atoms with van der Waals surface area (Å²) in [7, 11) is 0. The van der Waals surface area contributed by atoms with Crippen molar-refractivity contribution in [3.63, 3.8) is 0 Å². The van der Waals surface area contributed by atoms with Crippen molar-refractivity contribution in [3.8, 4) is 0 Å². The molecule has 9 heavy (non-hydrogen) atoms. The summed E-state index contributed by atoms with van der Waals surface area (Å²) in [6.45, 7) is 8.08. The predicted octanol–water partition coefficient (Wildman–Crippen LogP) is 1.61. The van der Waals surface area contributed by atoms with E-state index >= 15 is 0 Å². The highest BCUT2D eigenvalue weighted by molar-refractivity contribution is 5.06. The van der Waals surface area contributed by atoms with E-state index in [1.807, 2.05) is 13.5 Å². The van der Waals surface area contributed by atoms with Crippen molar-refractivity contribution in [1.82, 2.24) is 5.48 Å². The van der Waals surface area contributed by atoms with Crippen LogP contribution in [0.15, 0.2) is 11.8 Å². The van der Waals surface area contributed by atoms with Crippen LogP contribution in [0.2, 0.25) is 0 Å². The van der Waals surface area contributed by atoms with Gasteiger partial charge in [-0.1, -0.05) is 13.8 Å². The minimum Gasteiger partial charge on any atom is -0.413 e. The van der Waals surface area contributed by atoms with Gasteiger partial charge in [0.25, 0.3) is 0 Å². The van der Waals surface area contributed by atoms with E-state index in [9.17, 15) is 0 Å². The van der Waals surface area contributed by atoms with Gasteiger partial charge < -0.3 is 4.84 Å². The number of hydrogen-bond acceptors (Lipinski definition) is 2. The van der Waals surface area contributed by atoms with Crippen molar-refractivity contribution < 1.29 is 4.84 Å². The summed E-state index contributed by atoms with van der Waals surface area (Å²) in [6.07, 6.45) is 2.07. The van der Waals surface area contributed by atoms with Crippen molar-refractivity contribution >= 4 is 0 Å². The standard InChI is InChI=1S/C7H12NO/c1-6-4-7(2,3)5-8-9-6/h4-5,8H,1-3H3. The molecular formula is C7H12NO. The summed E-state index contributed by atoms with van der Waals surface area (Å²) in [4.78, 5) is 4.97. The molecule has 0 amide bonds. The van der Waals surface area contributed by atoms with Crippen molar-refractivity contribution in [2.24, 2.45) is 5.41 Å². The Labute approximate surface area is 55.9 Å². The zero-order valence-corrected chi connectivity index (χ0v) is 6.06. The Hall–Kier alpha value is -0.500. The molecular weight excluding hydrogens is 114 g/mol. The highest BCUT2D eigenvalue weighted by atomic mass is 16.6. The van der Waals surface area contributed by atoms with Crippen molar-refractivity contribution in [3.05, 3.63) is 18.4 Å². The molecule has 0 aromatic rings. The molecule has 1 aliphatic rings. The molecule has 1 radical (unpaired) electrons. The van der Waals surface area contributed by atoms with Crippen LogP contribution in [0.1, 0.15) is 20.8 Å². The fourth-order valence-corrected chi connectivity index (χ4v) is 0.869. The second kappa shape index (κ2) is 2.03. The third kappa shape index (κ3) is 1.72. The van der Waals surface area contributed by atoms with Gasteiger partial charge in [-0.05, 0) is 13.0 Å². The molecule has 0 aliphatic carbocycles. The van der Waals surface area contributed by atoms with Crippen LogP contribution in [0.25, 0.3) is 0 Å². The van der Waals surface area contributed by atoms with Gasteiger partial charge in [-0.15, -0.1) is 0 Å². The van der Waals surface area contributed by atoms with Crippen molar-refractivity contribution in [1.29, 1.82) is 0 Å². The summed E-state index contributed by atoms with van der Waals surface area (Å²) in [5, 5.41) is 0. The van der Waals surface area contributed by atoms with Crippen LogP contribution in [0, 0.1) is 12.0 Å². The van der Waals surface area contributed by atoms with Gasteiger partial charge in [0.1, 0.15) is 5.76 Å². The van der Waals surface area contributed by atoms with E-state index in [1.165, 1.54) is 0 Å². The quantitative estimate of drug-likeness (QED) is 0.532. The molecule has 2 heteroatoms. The first-order valence-corrected chi connectivity index (χ1v) is 3.06. The lowest BCUT2D eigenvalue weighted by Gasteiger charge is -2.25. The van der Waals surface area contributed by atoms with Crippen LogP contribution in [-0.4, -0.2) is 0 Å². The molecule has 2 nitrogen and oxygen atoms in total. The molecule has 1 N–H and O–H groups in total. The van der Waals surface area contributed by atoms with E-state index in [0.29, 0.717) is 0 Å². The second-order valence-corrected chi connectivity index (χ2v) is 2.94. The highest BCUT2D eigenvalue weighted by Crippen LogP contribution is 2.24. The van der Waals surface area contributed by atoms with Crippen LogP contribution >= 0.6 is 0 Å². The topological polar surface area (TPSA) is 21.3 Å². The molecule has 51 valence electrons. The average molecular weight is 126 g/mol. The van der Waals surface area contributed by atoms with E-state index in [1.54, 1.807) is 0 Å². The Morgan fingerprint density at radius 3 is 2.56 bits per heavy atom. The fourth-order valence-electron chi connectivity index (χ4n) is 0.869. The summed E-state index contributed by atoms with van der Waals surface area (Å²) >= 11 is 0. The van der Waals surface area contributed by atoms with E-state index in [-0.39, 0.29) is 5.41 Å². The number of rotatable bonds is 0. The minimum atomic E-state index is 0.127. The van der Waals surface area contributed by atoms with Gasteiger partial charge in [-0.3, -0.25) is 0 Å². The van der Waals surface area contributed by atoms with E-state index in [4.69, 9.17) is 4.84 Å². The van der Waals surface area contributed by atoms with E-state index in [0.717, 1.165) is 5.76 Å². The molecule has 1 heterocycles. The first kappa shape index (κ1) is 6.62. The molecule has 0 aromatic heterocycles. The summed E-state index contributed by atoms with van der Waals surface area (Å²) in [5.74, 6) is 0.933. The van der Waals surface area contributed by atoms with E-state index in [2.05, 4.69) is 25.4 Å². The Morgan fingerprint density at radius 2 is 2.22 bits per heavy atom. The largest absolute Gasteiger partial charge is 0.413 e. The maximum atomic E-state index is 4.97. The molecule has 0 fully saturated rings. The molecule has 0 atom stereocenters. The Morgan fingerprint density at radius 1 is 1.56 bits per heavy atom. The van der Waals surface area contributed by atoms with Gasteiger partial charge in [0.05, 0.1) is 6.54 Å². The van der Waals surface area contributed by atoms with Gasteiger partial charge in [0.15, 0.2) is 0 Å². The molecule has 0 saturated heterocycles. The SMILES string of the molecule is CC1=CC(C)(C)[CH]NO1. The maximum Gasteiger partial charge on any atom is 0.117 e. The lowest BCUT2D eigenvalue weighted by Crippen LogP contribution is -2.26. The van der Waals surface area contributed by atoms with Crippen LogP contribution in [-0.2, 0) is 4.84 Å². The maximum absolute atomic E-state index is 4.97. The van der Waals surface area contributed by atoms with Crippen LogP contribution in [0.5, 0.6) is 0 Å². The van der Waals surface area contributed by atoms with Gasteiger partial charge in [-0.2, -0.15) is 5.48 Å². The lowest BCUT2D eigenvalue weighted by molar-refractivity contribution is 0.0927. The monoisotopic (exact) mass is 126 g/mol. The van der Waals surface area contributed by atoms with Gasteiger partial charge >= 0.3 is 0 Å². The number of allylic oxidation sites excluding steroid dienone is 1. The van der Waals surface area contributed by atoms with E-state index < -0.39 is 0 Å². The first-order chi connectivity index (χ1) is 4.10. The first-order valence-electron chi connectivity index (χ1n) is 3.06. The molecule has 1 rings (SSSR count). The number of hydrogen-bond donors (Lipinski definition) is 1. The van der Waals surface area contributed by atoms with Crippen LogP contribution < -0.4 is 5.48 Å². The zero-order valence-electron chi connectivity index (χ0n) is 6.06. The number of nitrogens with one attached hydrogen (secondary N) is 1. The highest BCUT2D eigenvalue weighted by Gasteiger charge is 2.19. The van der Waals surface area contributed by atoms with Gasteiger partial charge in [0, 0.05) is 5.41 Å². The van der Waals surface area contributed by atoms with Gasteiger partial charge in [0.2, 0.25) is 0 Å². The lowest BCUT2D eigenvalue weighted by atomic mass is 9.92. The second-order valence-electron chi connectivity index (χ2n) is 2.94. The normalized spacial score (nSPS) is 24.6. The smallest absolute Gasteiger partial charge is 0.117 e. The Balaban J connectivity index is 2.68. The molecule has 1 aliphatic heterocycles. The molecule has 0 unspecified atom stereocenters. The number of hydroxylamine groups is 1. The van der Waals surface area contributed by atoms with Crippen molar-refractivity contribution in [2.75, 3.05) is 0 Å². The van der Waals surface area contributed by atoms with Crippen molar-refractivity contribution in [2.45, 2.75) is 20.8 Å².